The number of hydrogen-bond donors (Lipinski definition) is 1. The Bertz CT molecular complexity index is 646. The van der Waals surface area contributed by atoms with E-state index in [9.17, 15) is 4.39 Å². The molecular weight excluding hydrogens is 321 g/mol. The standard InChI is InChI=1S/C16H15BrFNO/c17-12-6-5-11(14(18)9-12)10-16(19)7-8-20-15-4-2-1-3-13(15)16/h1-6,9H,7-8,10,19H2. The Kier molecular flexibility index (Phi) is 3.52. The van der Waals surface area contributed by atoms with Crippen molar-refractivity contribution in [2.75, 3.05) is 6.61 Å². The van der Waals surface area contributed by atoms with Crippen LogP contribution in [0, 0.1) is 5.82 Å². The number of rotatable bonds is 2. The van der Waals surface area contributed by atoms with Crippen molar-refractivity contribution >= 4 is 15.9 Å². The van der Waals surface area contributed by atoms with Crippen LogP contribution in [0.15, 0.2) is 46.9 Å². The van der Waals surface area contributed by atoms with Crippen LogP contribution in [0.1, 0.15) is 17.5 Å². The molecule has 3 rings (SSSR count). The van der Waals surface area contributed by atoms with E-state index in [0.29, 0.717) is 25.0 Å². The Morgan fingerprint density at radius 3 is 2.85 bits per heavy atom. The fourth-order valence-electron chi connectivity index (χ4n) is 2.67. The van der Waals surface area contributed by atoms with Crippen molar-refractivity contribution < 1.29 is 9.13 Å². The molecule has 0 radical (unpaired) electrons. The summed E-state index contributed by atoms with van der Waals surface area (Å²) in [5.41, 5.74) is 7.56. The molecule has 0 aromatic heterocycles. The van der Waals surface area contributed by atoms with Crippen LogP contribution in [-0.4, -0.2) is 6.61 Å². The molecule has 2 N–H and O–H groups in total. The smallest absolute Gasteiger partial charge is 0.127 e. The van der Waals surface area contributed by atoms with Gasteiger partial charge in [-0.15, -0.1) is 0 Å². The van der Waals surface area contributed by atoms with E-state index < -0.39 is 5.54 Å². The molecule has 0 saturated heterocycles. The maximum Gasteiger partial charge on any atom is 0.127 e. The van der Waals surface area contributed by atoms with Crippen LogP contribution in [0.3, 0.4) is 0 Å². The summed E-state index contributed by atoms with van der Waals surface area (Å²) in [6, 6.07) is 12.8. The lowest BCUT2D eigenvalue weighted by Gasteiger charge is -2.35. The number of hydrogen-bond acceptors (Lipinski definition) is 2. The highest BCUT2D eigenvalue weighted by atomic mass is 79.9. The van der Waals surface area contributed by atoms with Crippen molar-refractivity contribution in [2.24, 2.45) is 5.73 Å². The second-order valence-corrected chi connectivity index (χ2v) is 6.08. The van der Waals surface area contributed by atoms with E-state index >= 15 is 0 Å². The van der Waals surface area contributed by atoms with E-state index in [0.717, 1.165) is 15.8 Å². The summed E-state index contributed by atoms with van der Waals surface area (Å²) in [6.45, 7) is 0.561. The van der Waals surface area contributed by atoms with Gasteiger partial charge < -0.3 is 10.5 Å². The minimum absolute atomic E-state index is 0.229. The Hall–Kier alpha value is -1.39. The van der Waals surface area contributed by atoms with Gasteiger partial charge in [-0.1, -0.05) is 40.2 Å². The Morgan fingerprint density at radius 1 is 1.25 bits per heavy atom. The molecule has 0 fully saturated rings. The van der Waals surface area contributed by atoms with Crippen LogP contribution < -0.4 is 10.5 Å². The topological polar surface area (TPSA) is 35.2 Å². The van der Waals surface area contributed by atoms with E-state index in [1.807, 2.05) is 30.3 Å². The molecule has 20 heavy (non-hydrogen) atoms. The molecule has 0 amide bonds. The lowest BCUT2D eigenvalue weighted by atomic mass is 9.80. The quantitative estimate of drug-likeness (QED) is 0.906. The fraction of sp³-hybridized carbons (Fsp3) is 0.250. The third kappa shape index (κ3) is 2.45. The normalized spacial score (nSPS) is 21.1. The third-order valence-corrected chi connectivity index (χ3v) is 4.24. The second-order valence-electron chi connectivity index (χ2n) is 5.16. The second kappa shape index (κ2) is 5.19. The lowest BCUT2D eigenvalue weighted by molar-refractivity contribution is 0.214. The minimum atomic E-state index is -0.580. The van der Waals surface area contributed by atoms with E-state index in [4.69, 9.17) is 10.5 Å². The predicted octanol–water partition coefficient (Wildman–Crippen LogP) is 3.77. The maximum atomic E-state index is 14.0. The monoisotopic (exact) mass is 335 g/mol. The summed E-state index contributed by atoms with van der Waals surface area (Å²) in [5, 5.41) is 0. The molecule has 4 heteroatoms. The fourth-order valence-corrected chi connectivity index (χ4v) is 3.00. The van der Waals surface area contributed by atoms with E-state index in [2.05, 4.69) is 15.9 Å². The van der Waals surface area contributed by atoms with Crippen molar-refractivity contribution in [1.82, 2.24) is 0 Å². The number of ether oxygens (including phenoxy) is 1. The molecule has 2 aromatic rings. The average Bonchev–Trinajstić information content (AvgIpc) is 2.43. The predicted molar refractivity (Wildman–Crippen MR) is 80.2 cm³/mol. The van der Waals surface area contributed by atoms with Gasteiger partial charge in [0.05, 0.1) is 12.1 Å². The van der Waals surface area contributed by atoms with Gasteiger partial charge in [0.15, 0.2) is 0 Å². The maximum absolute atomic E-state index is 14.0. The minimum Gasteiger partial charge on any atom is -0.493 e. The number of halogens is 2. The SMILES string of the molecule is NC1(Cc2ccc(Br)cc2F)CCOc2ccccc21. The number of benzene rings is 2. The molecule has 0 aliphatic carbocycles. The highest BCUT2D eigenvalue weighted by Gasteiger charge is 2.34. The van der Waals surface area contributed by atoms with Crippen molar-refractivity contribution in [2.45, 2.75) is 18.4 Å². The van der Waals surface area contributed by atoms with Gasteiger partial charge in [0.2, 0.25) is 0 Å². The molecule has 2 nitrogen and oxygen atoms in total. The molecule has 1 heterocycles. The first kappa shape index (κ1) is 13.6. The molecule has 1 atom stereocenters. The third-order valence-electron chi connectivity index (χ3n) is 3.75. The summed E-state index contributed by atoms with van der Waals surface area (Å²) < 4.78 is 20.4. The summed E-state index contributed by atoms with van der Waals surface area (Å²) in [6.07, 6.45) is 1.14. The Morgan fingerprint density at radius 2 is 2.05 bits per heavy atom. The summed E-state index contributed by atoms with van der Waals surface area (Å²) in [7, 11) is 0. The van der Waals surface area contributed by atoms with Crippen LogP contribution in [0.5, 0.6) is 5.75 Å². The number of nitrogens with two attached hydrogens (primary N) is 1. The van der Waals surface area contributed by atoms with Gasteiger partial charge in [-0.2, -0.15) is 0 Å². The number of fused-ring (bicyclic) bond motifs is 1. The van der Waals surface area contributed by atoms with Crippen LogP contribution >= 0.6 is 15.9 Å². The highest BCUT2D eigenvalue weighted by molar-refractivity contribution is 9.10. The molecule has 1 aliphatic rings. The molecule has 1 unspecified atom stereocenters. The average molecular weight is 336 g/mol. The van der Waals surface area contributed by atoms with Gasteiger partial charge in [-0.3, -0.25) is 0 Å². The molecule has 1 aliphatic heterocycles. The molecule has 0 spiro atoms. The van der Waals surface area contributed by atoms with E-state index in [1.54, 1.807) is 6.07 Å². The Labute approximate surface area is 125 Å². The first-order valence-corrected chi connectivity index (χ1v) is 7.33. The van der Waals surface area contributed by atoms with Gasteiger partial charge in [0.1, 0.15) is 11.6 Å². The van der Waals surface area contributed by atoms with Gasteiger partial charge in [-0.05, 0) is 30.2 Å². The molecule has 2 aromatic carbocycles. The Balaban J connectivity index is 1.98. The van der Waals surface area contributed by atoms with Crippen molar-refractivity contribution in [1.29, 1.82) is 0 Å². The van der Waals surface area contributed by atoms with Gasteiger partial charge >= 0.3 is 0 Å². The van der Waals surface area contributed by atoms with E-state index in [-0.39, 0.29) is 5.82 Å². The van der Waals surface area contributed by atoms with Gasteiger partial charge in [0.25, 0.3) is 0 Å². The summed E-state index contributed by atoms with van der Waals surface area (Å²) in [4.78, 5) is 0. The van der Waals surface area contributed by atoms with Gasteiger partial charge in [0, 0.05) is 16.5 Å². The molecule has 0 bridgehead atoms. The molecule has 104 valence electrons. The van der Waals surface area contributed by atoms with Gasteiger partial charge in [-0.25, -0.2) is 4.39 Å². The van der Waals surface area contributed by atoms with E-state index in [1.165, 1.54) is 6.07 Å². The van der Waals surface area contributed by atoms with Crippen LogP contribution in [0.25, 0.3) is 0 Å². The molecular formula is C16H15BrFNO. The largest absolute Gasteiger partial charge is 0.493 e. The zero-order valence-corrected chi connectivity index (χ0v) is 12.5. The molecule has 0 saturated carbocycles. The zero-order valence-electron chi connectivity index (χ0n) is 10.9. The van der Waals surface area contributed by atoms with Crippen molar-refractivity contribution in [3.05, 3.63) is 63.9 Å². The zero-order chi connectivity index (χ0) is 14.2. The summed E-state index contributed by atoms with van der Waals surface area (Å²) in [5.74, 6) is 0.576. The first-order chi connectivity index (χ1) is 9.58. The van der Waals surface area contributed by atoms with Crippen LogP contribution in [0.4, 0.5) is 4.39 Å². The summed E-state index contributed by atoms with van der Waals surface area (Å²) >= 11 is 3.27. The van der Waals surface area contributed by atoms with Crippen molar-refractivity contribution in [3.8, 4) is 5.75 Å². The van der Waals surface area contributed by atoms with Crippen LogP contribution in [0.2, 0.25) is 0 Å². The van der Waals surface area contributed by atoms with Crippen LogP contribution in [-0.2, 0) is 12.0 Å². The highest BCUT2D eigenvalue weighted by Crippen LogP contribution is 2.37. The first-order valence-electron chi connectivity index (χ1n) is 6.54. The van der Waals surface area contributed by atoms with Crippen molar-refractivity contribution in [3.63, 3.8) is 0 Å². The number of para-hydroxylation sites is 1. The lowest BCUT2D eigenvalue weighted by Crippen LogP contribution is -2.43.